The molecule has 3 rings (SSSR count). The zero-order valence-corrected chi connectivity index (χ0v) is 15.5. The fourth-order valence-corrected chi connectivity index (χ4v) is 3.35. The zero-order valence-electron chi connectivity index (χ0n) is 13.9. The third-order valence-corrected chi connectivity index (χ3v) is 4.82. The van der Waals surface area contributed by atoms with Crippen LogP contribution in [0.25, 0.3) is 4.85 Å². The van der Waals surface area contributed by atoms with Gasteiger partial charge in [-0.1, -0.05) is 41.4 Å². The molecule has 1 aliphatic heterocycles. The second-order valence-electron chi connectivity index (χ2n) is 6.04. The SMILES string of the molecule is CC(c1ccc(Cl)cc1)N1C(=O)C(C#[N+]C(N)=O)Cc2ccc(Cl)cc21. The number of primary amides is 1. The van der Waals surface area contributed by atoms with Gasteiger partial charge in [0, 0.05) is 22.2 Å². The van der Waals surface area contributed by atoms with E-state index in [4.69, 9.17) is 28.9 Å². The van der Waals surface area contributed by atoms with Crippen molar-refractivity contribution < 1.29 is 9.59 Å². The number of amides is 3. The fourth-order valence-electron chi connectivity index (χ4n) is 3.06. The molecule has 2 unspecified atom stereocenters. The van der Waals surface area contributed by atoms with Gasteiger partial charge in [-0.15, -0.1) is 4.85 Å². The summed E-state index contributed by atoms with van der Waals surface area (Å²) < 4.78 is 0. The lowest BCUT2D eigenvalue weighted by Gasteiger charge is -2.36. The van der Waals surface area contributed by atoms with E-state index >= 15 is 0 Å². The Bertz CT molecular complexity index is 932. The van der Waals surface area contributed by atoms with Gasteiger partial charge in [-0.05, 0) is 42.3 Å². The summed E-state index contributed by atoms with van der Waals surface area (Å²) in [7, 11) is 0. The van der Waals surface area contributed by atoms with Crippen molar-refractivity contribution in [3.8, 4) is 6.07 Å². The van der Waals surface area contributed by atoms with E-state index in [1.807, 2.05) is 25.1 Å². The maximum Gasteiger partial charge on any atom is 0.595 e. The zero-order chi connectivity index (χ0) is 18.8. The van der Waals surface area contributed by atoms with Crippen LogP contribution >= 0.6 is 23.2 Å². The summed E-state index contributed by atoms with van der Waals surface area (Å²) in [6, 6.07) is 14.1. The lowest BCUT2D eigenvalue weighted by Crippen LogP contribution is -2.42. The molecule has 26 heavy (non-hydrogen) atoms. The Morgan fingerprint density at radius 2 is 1.88 bits per heavy atom. The molecule has 2 aromatic carbocycles. The Balaban J connectivity index is 2.07. The molecule has 0 bridgehead atoms. The summed E-state index contributed by atoms with van der Waals surface area (Å²) in [5.74, 6) is -0.904. The Morgan fingerprint density at radius 1 is 1.23 bits per heavy atom. The predicted molar refractivity (Wildman–Crippen MR) is 103 cm³/mol. The molecular formula is C19H16Cl2N3O2+. The van der Waals surface area contributed by atoms with Crippen LogP contribution in [0, 0.1) is 12.0 Å². The predicted octanol–water partition coefficient (Wildman–Crippen LogP) is 4.67. The first-order chi connectivity index (χ1) is 12.4. The summed E-state index contributed by atoms with van der Waals surface area (Å²) in [6.07, 6.45) is 0.381. The van der Waals surface area contributed by atoms with Crippen LogP contribution in [0.2, 0.25) is 10.0 Å². The number of fused-ring (bicyclic) bond motifs is 1. The Kier molecular flexibility index (Phi) is 5.17. The maximum absolute atomic E-state index is 13.1. The minimum atomic E-state index is -0.878. The highest BCUT2D eigenvalue weighted by Gasteiger charge is 2.37. The number of halogens is 2. The highest BCUT2D eigenvalue weighted by Crippen LogP contribution is 2.38. The molecule has 2 atom stereocenters. The van der Waals surface area contributed by atoms with Crippen LogP contribution in [-0.4, -0.2) is 11.9 Å². The number of carbonyl (C=O) groups excluding carboxylic acids is 2. The topological polar surface area (TPSA) is 67.8 Å². The molecule has 5 nitrogen and oxygen atoms in total. The Labute approximate surface area is 161 Å². The highest BCUT2D eigenvalue weighted by molar-refractivity contribution is 6.31. The van der Waals surface area contributed by atoms with Gasteiger partial charge >= 0.3 is 6.03 Å². The molecule has 0 radical (unpaired) electrons. The van der Waals surface area contributed by atoms with Crippen LogP contribution in [0.5, 0.6) is 0 Å². The number of rotatable bonds is 2. The number of benzene rings is 2. The van der Waals surface area contributed by atoms with Crippen LogP contribution in [-0.2, 0) is 11.2 Å². The van der Waals surface area contributed by atoms with Crippen molar-refractivity contribution in [2.45, 2.75) is 19.4 Å². The van der Waals surface area contributed by atoms with Crippen LogP contribution < -0.4 is 10.6 Å². The maximum atomic E-state index is 13.1. The molecule has 0 saturated carbocycles. The van der Waals surface area contributed by atoms with Crippen molar-refractivity contribution in [3.63, 3.8) is 0 Å². The van der Waals surface area contributed by atoms with E-state index in [2.05, 4.69) is 10.9 Å². The molecule has 1 heterocycles. The van der Waals surface area contributed by atoms with Gasteiger partial charge in [-0.25, -0.2) is 5.73 Å². The van der Waals surface area contributed by atoms with Crippen molar-refractivity contribution in [2.24, 2.45) is 11.7 Å². The number of carbonyl (C=O) groups is 2. The summed E-state index contributed by atoms with van der Waals surface area (Å²) >= 11 is 12.1. The lowest BCUT2D eigenvalue weighted by molar-refractivity contribution is -0.121. The summed E-state index contributed by atoms with van der Waals surface area (Å²) in [5.41, 5.74) is 7.63. The molecule has 2 N–H and O–H groups in total. The van der Waals surface area contributed by atoms with Gasteiger partial charge < -0.3 is 4.90 Å². The average Bonchev–Trinajstić information content (AvgIpc) is 2.60. The standard InChI is InChI=1S/C19H15Cl2N3O2/c1-11(12-2-5-15(20)6-3-12)24-17-9-16(21)7-4-13(17)8-14(18(24)25)10-23-19(22)26/h2-7,9,11,14H,8H2,1H3,(H-,22,26)/p+1. The van der Waals surface area contributed by atoms with Gasteiger partial charge in [0.2, 0.25) is 5.91 Å². The number of urea groups is 1. The smallest absolute Gasteiger partial charge is 0.304 e. The molecule has 7 heteroatoms. The number of hydrogen-bond acceptors (Lipinski definition) is 2. The molecule has 1 aliphatic rings. The molecule has 0 fully saturated rings. The van der Waals surface area contributed by atoms with E-state index in [-0.39, 0.29) is 11.9 Å². The summed E-state index contributed by atoms with van der Waals surface area (Å²) in [6.45, 7) is 1.92. The third-order valence-electron chi connectivity index (χ3n) is 4.34. The van der Waals surface area contributed by atoms with Gasteiger partial charge in [-0.2, -0.15) is 4.79 Å². The minimum absolute atomic E-state index is 0.216. The fraction of sp³-hybridized carbons (Fsp3) is 0.211. The average molecular weight is 389 g/mol. The van der Waals surface area contributed by atoms with Crippen molar-refractivity contribution >= 4 is 40.8 Å². The molecule has 0 saturated heterocycles. The van der Waals surface area contributed by atoms with Crippen LogP contribution in [0.15, 0.2) is 42.5 Å². The third kappa shape index (κ3) is 3.67. The molecule has 0 aromatic heterocycles. The van der Waals surface area contributed by atoms with Gasteiger partial charge in [-0.3, -0.25) is 4.79 Å². The second-order valence-corrected chi connectivity index (χ2v) is 6.92. The van der Waals surface area contributed by atoms with E-state index in [0.29, 0.717) is 16.5 Å². The quantitative estimate of drug-likeness (QED) is 0.811. The summed E-state index contributed by atoms with van der Waals surface area (Å²) in [5, 5.41) is 1.16. The Morgan fingerprint density at radius 3 is 2.54 bits per heavy atom. The van der Waals surface area contributed by atoms with Crippen LogP contribution in [0.1, 0.15) is 24.1 Å². The first-order valence-corrected chi connectivity index (χ1v) is 8.75. The van der Waals surface area contributed by atoms with Crippen LogP contribution in [0.3, 0.4) is 0 Å². The number of nitrogens with zero attached hydrogens (tertiary/aromatic N) is 2. The van der Waals surface area contributed by atoms with Gasteiger partial charge in [0.1, 0.15) is 0 Å². The first-order valence-electron chi connectivity index (χ1n) is 7.99. The Hall–Kier alpha value is -2.55. The van der Waals surface area contributed by atoms with Gasteiger partial charge in [0.05, 0.1) is 6.04 Å². The van der Waals surface area contributed by atoms with E-state index in [9.17, 15) is 9.59 Å². The lowest BCUT2D eigenvalue weighted by atomic mass is 9.90. The van der Waals surface area contributed by atoms with Crippen molar-refractivity contribution in [1.82, 2.24) is 0 Å². The molecular weight excluding hydrogens is 373 g/mol. The molecule has 0 aliphatic carbocycles. The van der Waals surface area contributed by atoms with E-state index in [1.54, 1.807) is 29.2 Å². The van der Waals surface area contributed by atoms with Crippen molar-refractivity contribution in [1.29, 1.82) is 0 Å². The number of anilines is 1. The number of nitrogens with two attached hydrogens (primary N) is 1. The molecule has 0 spiro atoms. The van der Waals surface area contributed by atoms with Gasteiger partial charge in [0.15, 0.2) is 12.0 Å². The summed E-state index contributed by atoms with van der Waals surface area (Å²) in [4.78, 5) is 29.1. The molecule has 2 aromatic rings. The largest absolute Gasteiger partial charge is 0.595 e. The van der Waals surface area contributed by atoms with Crippen molar-refractivity contribution in [2.75, 3.05) is 4.90 Å². The minimum Gasteiger partial charge on any atom is -0.304 e. The monoisotopic (exact) mass is 388 g/mol. The van der Waals surface area contributed by atoms with E-state index in [0.717, 1.165) is 16.8 Å². The first kappa shape index (κ1) is 18.2. The van der Waals surface area contributed by atoms with Gasteiger partial charge in [0.25, 0.3) is 0 Å². The highest BCUT2D eigenvalue weighted by atomic mass is 35.5. The van der Waals surface area contributed by atoms with E-state index in [1.165, 1.54) is 0 Å². The second kappa shape index (κ2) is 7.36. The van der Waals surface area contributed by atoms with Crippen molar-refractivity contribution in [3.05, 3.63) is 68.5 Å². The molecule has 132 valence electrons. The van der Waals surface area contributed by atoms with E-state index < -0.39 is 11.9 Å². The normalized spacial score (nSPS) is 17.1. The molecule has 3 amide bonds. The number of hydrogen-bond donors (Lipinski definition) is 1. The van der Waals surface area contributed by atoms with Crippen LogP contribution in [0.4, 0.5) is 10.5 Å².